The Hall–Kier alpha value is -2.04. The van der Waals surface area contributed by atoms with E-state index in [2.05, 4.69) is 6.92 Å². The van der Waals surface area contributed by atoms with Gasteiger partial charge in [-0.1, -0.05) is 103 Å². The van der Waals surface area contributed by atoms with Crippen LogP contribution in [0.2, 0.25) is 0 Å². The second-order valence-electron chi connectivity index (χ2n) is 8.73. The summed E-state index contributed by atoms with van der Waals surface area (Å²) in [4.78, 5) is 23.9. The summed E-state index contributed by atoms with van der Waals surface area (Å²) in [5.41, 5.74) is 0. The largest absolute Gasteiger partial charge is 0.487 e. The lowest BCUT2D eigenvalue weighted by molar-refractivity contribution is -0.162. The van der Waals surface area contributed by atoms with Gasteiger partial charge in [-0.2, -0.15) is 0 Å². The van der Waals surface area contributed by atoms with Crippen molar-refractivity contribution in [3.05, 3.63) is 24.3 Å². The molecule has 0 aromatic heterocycles. The molecule has 0 atom stereocenters. The maximum absolute atomic E-state index is 12.0. The van der Waals surface area contributed by atoms with Crippen LogP contribution < -0.4 is 9.47 Å². The number of carbonyl (C=O) groups is 2. The molecule has 0 saturated heterocycles. The van der Waals surface area contributed by atoms with E-state index in [4.69, 9.17) is 14.2 Å². The van der Waals surface area contributed by atoms with Crippen LogP contribution >= 0.6 is 0 Å². The van der Waals surface area contributed by atoms with Gasteiger partial charge in [0.1, 0.15) is 0 Å². The fourth-order valence-corrected chi connectivity index (χ4v) is 3.55. The van der Waals surface area contributed by atoms with Crippen molar-refractivity contribution in [1.82, 2.24) is 0 Å². The number of carbonyl (C=O) groups excluding carboxylic acids is 2. The molecule has 1 aromatic carbocycles. The van der Waals surface area contributed by atoms with Crippen LogP contribution in [0.5, 0.6) is 11.5 Å². The number of rotatable bonds is 18. The minimum absolute atomic E-state index is 0.0675. The highest BCUT2D eigenvalue weighted by Crippen LogP contribution is 2.27. The van der Waals surface area contributed by atoms with Crippen molar-refractivity contribution in [2.45, 2.75) is 117 Å². The van der Waals surface area contributed by atoms with Crippen molar-refractivity contribution in [3.63, 3.8) is 0 Å². The Morgan fingerprint density at radius 1 is 0.688 bits per heavy atom. The minimum Gasteiger partial charge on any atom is -0.487 e. The number of ether oxygens (including phenoxy) is 3. The average Bonchev–Trinajstić information content (AvgIpc) is 2.77. The third-order valence-corrected chi connectivity index (χ3v) is 5.31. The molecule has 5 nitrogen and oxygen atoms in total. The van der Waals surface area contributed by atoms with Crippen LogP contribution in [0.15, 0.2) is 24.3 Å². The third kappa shape index (κ3) is 14.1. The molecule has 182 valence electrons. The summed E-state index contributed by atoms with van der Waals surface area (Å²) in [5.74, 6) is -1.33. The zero-order chi connectivity index (χ0) is 23.4. The maximum Gasteiger partial charge on any atom is 0.422 e. The van der Waals surface area contributed by atoms with Gasteiger partial charge in [0.2, 0.25) is 0 Å². The van der Waals surface area contributed by atoms with E-state index in [0.717, 1.165) is 19.3 Å². The SMILES string of the molecule is CCCCCCCCCCCCCCCCOC(=O)C(=O)Oc1ccccc1OC(C)C. The predicted molar refractivity (Wildman–Crippen MR) is 129 cm³/mol. The van der Waals surface area contributed by atoms with Gasteiger partial charge in [0.25, 0.3) is 0 Å². The summed E-state index contributed by atoms with van der Waals surface area (Å²) in [6.45, 7) is 6.26. The molecule has 5 heteroatoms. The standard InChI is InChI=1S/C27H44O5/c1-4-5-6-7-8-9-10-11-12-13-14-15-16-19-22-30-26(28)27(29)32-25-21-18-17-20-24(25)31-23(2)3/h17-18,20-21,23H,4-16,19,22H2,1-3H3. The summed E-state index contributed by atoms with van der Waals surface area (Å²) in [5, 5.41) is 0. The zero-order valence-corrected chi connectivity index (χ0v) is 20.5. The molecule has 0 aliphatic carbocycles. The molecule has 1 aromatic rings. The van der Waals surface area contributed by atoms with Gasteiger partial charge >= 0.3 is 11.9 Å². The second-order valence-corrected chi connectivity index (χ2v) is 8.73. The minimum atomic E-state index is -1.02. The molecule has 0 aliphatic rings. The van der Waals surface area contributed by atoms with Gasteiger partial charge in [-0.15, -0.1) is 0 Å². The van der Waals surface area contributed by atoms with Crippen molar-refractivity contribution in [3.8, 4) is 11.5 Å². The summed E-state index contributed by atoms with van der Waals surface area (Å²) in [6, 6.07) is 6.79. The Morgan fingerprint density at radius 2 is 1.16 bits per heavy atom. The molecule has 32 heavy (non-hydrogen) atoms. The van der Waals surface area contributed by atoms with Crippen molar-refractivity contribution in [1.29, 1.82) is 0 Å². The first-order valence-corrected chi connectivity index (χ1v) is 12.7. The van der Waals surface area contributed by atoms with Crippen LogP contribution in [0.1, 0.15) is 111 Å². The van der Waals surface area contributed by atoms with E-state index in [-0.39, 0.29) is 18.5 Å². The first-order valence-electron chi connectivity index (χ1n) is 12.7. The number of para-hydroxylation sites is 2. The normalized spacial score (nSPS) is 10.9. The zero-order valence-electron chi connectivity index (χ0n) is 20.5. The van der Waals surface area contributed by atoms with E-state index in [1.807, 2.05) is 13.8 Å². The van der Waals surface area contributed by atoms with Crippen LogP contribution in [-0.2, 0) is 14.3 Å². The van der Waals surface area contributed by atoms with Gasteiger partial charge in [0.15, 0.2) is 11.5 Å². The Balaban J connectivity index is 2.01. The number of unbranched alkanes of at least 4 members (excludes halogenated alkanes) is 13. The van der Waals surface area contributed by atoms with Crippen molar-refractivity contribution >= 4 is 11.9 Å². The summed E-state index contributed by atoms with van der Waals surface area (Å²) >= 11 is 0. The Kier molecular flexibility index (Phi) is 16.2. The highest BCUT2D eigenvalue weighted by atomic mass is 16.6. The van der Waals surface area contributed by atoms with Crippen LogP contribution in [0, 0.1) is 0 Å². The lowest BCUT2D eigenvalue weighted by Gasteiger charge is -2.13. The molecule has 0 saturated carbocycles. The first-order chi connectivity index (χ1) is 15.5. The van der Waals surface area contributed by atoms with Crippen LogP contribution in [0.25, 0.3) is 0 Å². The van der Waals surface area contributed by atoms with Crippen LogP contribution in [0.4, 0.5) is 0 Å². The smallest absolute Gasteiger partial charge is 0.422 e. The molecule has 0 amide bonds. The molecule has 0 radical (unpaired) electrons. The number of benzene rings is 1. The highest BCUT2D eigenvalue weighted by molar-refractivity contribution is 6.30. The van der Waals surface area contributed by atoms with E-state index in [0.29, 0.717) is 5.75 Å². The third-order valence-electron chi connectivity index (χ3n) is 5.31. The van der Waals surface area contributed by atoms with E-state index in [9.17, 15) is 9.59 Å². The van der Waals surface area contributed by atoms with E-state index in [1.165, 1.54) is 70.6 Å². The predicted octanol–water partition coefficient (Wildman–Crippen LogP) is 7.40. The number of hydrogen-bond donors (Lipinski definition) is 0. The molecule has 0 heterocycles. The van der Waals surface area contributed by atoms with Gasteiger partial charge < -0.3 is 14.2 Å². The molecule has 0 aliphatic heterocycles. The second kappa shape index (κ2) is 18.5. The van der Waals surface area contributed by atoms with Crippen molar-refractivity contribution < 1.29 is 23.8 Å². The van der Waals surface area contributed by atoms with E-state index in [1.54, 1.807) is 24.3 Å². The molecular formula is C27H44O5. The molecule has 1 rings (SSSR count). The van der Waals surface area contributed by atoms with Gasteiger partial charge in [-0.25, -0.2) is 9.59 Å². The molecular weight excluding hydrogens is 404 g/mol. The fourth-order valence-electron chi connectivity index (χ4n) is 3.55. The molecule has 0 spiro atoms. The van der Waals surface area contributed by atoms with Gasteiger partial charge in [-0.3, -0.25) is 0 Å². The van der Waals surface area contributed by atoms with Crippen molar-refractivity contribution in [2.24, 2.45) is 0 Å². The van der Waals surface area contributed by atoms with Crippen molar-refractivity contribution in [2.75, 3.05) is 6.61 Å². The van der Waals surface area contributed by atoms with Gasteiger partial charge in [-0.05, 0) is 32.4 Å². The number of esters is 2. The first kappa shape index (κ1) is 28.0. The van der Waals surface area contributed by atoms with Crippen LogP contribution in [0.3, 0.4) is 0 Å². The molecule has 0 bridgehead atoms. The fraction of sp³-hybridized carbons (Fsp3) is 0.704. The molecule has 0 unspecified atom stereocenters. The monoisotopic (exact) mass is 448 g/mol. The number of hydrogen-bond acceptors (Lipinski definition) is 5. The lowest BCUT2D eigenvalue weighted by Crippen LogP contribution is -2.23. The van der Waals surface area contributed by atoms with E-state index < -0.39 is 11.9 Å². The molecule has 0 N–H and O–H groups in total. The topological polar surface area (TPSA) is 61.8 Å². The summed E-state index contributed by atoms with van der Waals surface area (Å²) < 4.78 is 15.8. The highest BCUT2D eigenvalue weighted by Gasteiger charge is 2.20. The van der Waals surface area contributed by atoms with Gasteiger partial charge in [0.05, 0.1) is 12.7 Å². The van der Waals surface area contributed by atoms with E-state index >= 15 is 0 Å². The Labute approximate surface area is 195 Å². The summed E-state index contributed by atoms with van der Waals surface area (Å²) in [6.07, 6.45) is 17.6. The summed E-state index contributed by atoms with van der Waals surface area (Å²) in [7, 11) is 0. The lowest BCUT2D eigenvalue weighted by atomic mass is 10.0. The van der Waals surface area contributed by atoms with Crippen LogP contribution in [-0.4, -0.2) is 24.6 Å². The Bertz CT molecular complexity index is 626. The average molecular weight is 449 g/mol. The quantitative estimate of drug-likeness (QED) is 0.101. The molecule has 0 fully saturated rings. The van der Waals surface area contributed by atoms with Gasteiger partial charge in [0, 0.05) is 0 Å². The maximum atomic E-state index is 12.0. The Morgan fingerprint density at radius 3 is 1.66 bits per heavy atom.